The van der Waals surface area contributed by atoms with Crippen LogP contribution in [0.3, 0.4) is 0 Å². The van der Waals surface area contributed by atoms with Crippen molar-refractivity contribution in [3.05, 3.63) is 35.6 Å². The lowest BCUT2D eigenvalue weighted by molar-refractivity contribution is -0.139. The van der Waals surface area contributed by atoms with Crippen LogP contribution in [0.25, 0.3) is 0 Å². The van der Waals surface area contributed by atoms with Gasteiger partial charge in [-0.25, -0.2) is 4.39 Å². The van der Waals surface area contributed by atoms with E-state index < -0.39 is 12.0 Å². The summed E-state index contributed by atoms with van der Waals surface area (Å²) >= 11 is 0. The van der Waals surface area contributed by atoms with Gasteiger partial charge in [-0.1, -0.05) is 25.5 Å². The number of rotatable bonds is 7. The number of halogens is 1. The molecule has 4 heteroatoms. The highest BCUT2D eigenvalue weighted by Gasteiger charge is 2.14. The average Bonchev–Trinajstić information content (AvgIpc) is 2.30. The van der Waals surface area contributed by atoms with Crippen LogP contribution < -0.4 is 5.32 Å². The second-order valence-electron chi connectivity index (χ2n) is 4.01. The van der Waals surface area contributed by atoms with Gasteiger partial charge in [-0.15, -0.1) is 0 Å². The van der Waals surface area contributed by atoms with E-state index in [0.29, 0.717) is 19.4 Å². The summed E-state index contributed by atoms with van der Waals surface area (Å²) in [5.74, 6) is -1.07. The van der Waals surface area contributed by atoms with Crippen LogP contribution in [-0.4, -0.2) is 23.7 Å². The number of benzene rings is 1. The molecule has 1 aromatic carbocycles. The zero-order chi connectivity index (χ0) is 12.7. The maximum absolute atomic E-state index is 12.6. The topological polar surface area (TPSA) is 49.3 Å². The van der Waals surface area contributed by atoms with Gasteiger partial charge in [0.1, 0.15) is 11.9 Å². The number of carboxylic acids is 1. The van der Waals surface area contributed by atoms with E-state index in [1.165, 1.54) is 12.1 Å². The smallest absolute Gasteiger partial charge is 0.320 e. The van der Waals surface area contributed by atoms with Gasteiger partial charge in [0, 0.05) is 0 Å². The molecule has 0 bridgehead atoms. The lowest BCUT2D eigenvalue weighted by Crippen LogP contribution is -2.37. The van der Waals surface area contributed by atoms with Gasteiger partial charge in [-0.3, -0.25) is 4.79 Å². The Morgan fingerprint density at radius 2 is 2.06 bits per heavy atom. The highest BCUT2D eigenvalue weighted by atomic mass is 19.1. The second-order valence-corrected chi connectivity index (χ2v) is 4.01. The van der Waals surface area contributed by atoms with Gasteiger partial charge in [-0.2, -0.15) is 0 Å². The van der Waals surface area contributed by atoms with E-state index in [0.717, 1.165) is 12.0 Å². The second kappa shape index (κ2) is 7.01. The van der Waals surface area contributed by atoms with E-state index in [1.807, 2.05) is 6.92 Å². The molecule has 94 valence electrons. The quantitative estimate of drug-likeness (QED) is 0.767. The largest absolute Gasteiger partial charge is 0.480 e. The molecule has 1 aromatic rings. The molecule has 1 rings (SSSR count). The van der Waals surface area contributed by atoms with Crippen LogP contribution in [0.1, 0.15) is 25.3 Å². The van der Waals surface area contributed by atoms with Gasteiger partial charge in [-0.05, 0) is 37.1 Å². The molecule has 2 N–H and O–H groups in total. The molecule has 0 aliphatic heterocycles. The van der Waals surface area contributed by atoms with Gasteiger partial charge in [0.05, 0.1) is 0 Å². The minimum Gasteiger partial charge on any atom is -0.480 e. The molecule has 1 atom stereocenters. The van der Waals surface area contributed by atoms with Gasteiger partial charge in [0.2, 0.25) is 0 Å². The number of carboxylic acid groups (broad SMARTS) is 1. The highest BCUT2D eigenvalue weighted by molar-refractivity contribution is 5.73. The molecule has 0 radical (unpaired) electrons. The number of carbonyl (C=O) groups is 1. The summed E-state index contributed by atoms with van der Waals surface area (Å²) in [5, 5.41) is 11.9. The van der Waals surface area contributed by atoms with Crippen molar-refractivity contribution in [1.29, 1.82) is 0 Å². The van der Waals surface area contributed by atoms with Crippen molar-refractivity contribution in [3.8, 4) is 0 Å². The zero-order valence-corrected chi connectivity index (χ0v) is 9.95. The van der Waals surface area contributed by atoms with Crippen LogP contribution in [0.5, 0.6) is 0 Å². The maximum Gasteiger partial charge on any atom is 0.320 e. The van der Waals surface area contributed by atoms with Crippen LogP contribution >= 0.6 is 0 Å². The average molecular weight is 239 g/mol. The molecule has 17 heavy (non-hydrogen) atoms. The summed E-state index contributed by atoms with van der Waals surface area (Å²) in [6.07, 6.45) is 2.16. The first-order valence-corrected chi connectivity index (χ1v) is 5.84. The Morgan fingerprint density at radius 1 is 1.41 bits per heavy atom. The normalized spacial score (nSPS) is 12.4. The fourth-order valence-corrected chi connectivity index (χ4v) is 1.64. The van der Waals surface area contributed by atoms with E-state index >= 15 is 0 Å². The molecule has 0 aliphatic rings. The van der Waals surface area contributed by atoms with Crippen LogP contribution in [0, 0.1) is 5.82 Å². The summed E-state index contributed by atoms with van der Waals surface area (Å²) in [4.78, 5) is 10.9. The van der Waals surface area contributed by atoms with Crippen LogP contribution in [-0.2, 0) is 11.2 Å². The Balaban J connectivity index is 2.35. The Labute approximate surface area is 101 Å². The Hall–Kier alpha value is -1.42. The molecular weight excluding hydrogens is 221 g/mol. The molecule has 1 unspecified atom stereocenters. The highest BCUT2D eigenvalue weighted by Crippen LogP contribution is 2.03. The Morgan fingerprint density at radius 3 is 2.59 bits per heavy atom. The standard InChI is InChI=1S/C13H18FNO2/c1-2-3-12(13(16)17)15-9-8-10-4-6-11(14)7-5-10/h4-7,12,15H,2-3,8-9H2,1H3,(H,16,17). The van der Waals surface area contributed by atoms with Crippen molar-refractivity contribution < 1.29 is 14.3 Å². The molecular formula is C13H18FNO2. The molecule has 0 aliphatic carbocycles. The molecule has 0 saturated carbocycles. The van der Waals surface area contributed by atoms with E-state index in [4.69, 9.17) is 5.11 Å². The zero-order valence-electron chi connectivity index (χ0n) is 9.95. The third kappa shape index (κ3) is 4.95. The maximum atomic E-state index is 12.6. The molecule has 3 nitrogen and oxygen atoms in total. The van der Waals surface area contributed by atoms with Crippen molar-refractivity contribution in [2.45, 2.75) is 32.2 Å². The first-order chi connectivity index (χ1) is 8.13. The fourth-order valence-electron chi connectivity index (χ4n) is 1.64. The van der Waals surface area contributed by atoms with E-state index in [1.54, 1.807) is 12.1 Å². The molecule has 0 saturated heterocycles. The Bertz CT molecular complexity index is 351. The summed E-state index contributed by atoms with van der Waals surface area (Å²) in [6.45, 7) is 2.54. The minimum atomic E-state index is -0.814. The third-order valence-corrected chi connectivity index (χ3v) is 2.59. The van der Waals surface area contributed by atoms with Crippen molar-refractivity contribution in [2.75, 3.05) is 6.54 Å². The summed E-state index contributed by atoms with van der Waals surface area (Å²) in [5.41, 5.74) is 1.000. The molecule has 0 spiro atoms. The lowest BCUT2D eigenvalue weighted by atomic mass is 10.1. The van der Waals surface area contributed by atoms with Gasteiger partial charge in [0.25, 0.3) is 0 Å². The summed E-state index contributed by atoms with van der Waals surface area (Å²) in [7, 11) is 0. The molecule has 0 aromatic heterocycles. The van der Waals surface area contributed by atoms with Crippen molar-refractivity contribution in [1.82, 2.24) is 5.32 Å². The fraction of sp³-hybridized carbons (Fsp3) is 0.462. The number of aliphatic carboxylic acids is 1. The van der Waals surface area contributed by atoms with Crippen LogP contribution in [0.2, 0.25) is 0 Å². The number of nitrogens with one attached hydrogen (secondary N) is 1. The number of hydrogen-bond acceptors (Lipinski definition) is 2. The minimum absolute atomic E-state index is 0.254. The number of hydrogen-bond donors (Lipinski definition) is 2. The van der Waals surface area contributed by atoms with Gasteiger partial charge in [0.15, 0.2) is 0 Å². The molecule has 0 heterocycles. The summed E-state index contributed by atoms with van der Waals surface area (Å²) in [6, 6.07) is 5.77. The molecule has 0 fully saturated rings. The van der Waals surface area contributed by atoms with E-state index in [2.05, 4.69) is 5.32 Å². The predicted molar refractivity (Wildman–Crippen MR) is 64.4 cm³/mol. The first kappa shape index (κ1) is 13.6. The third-order valence-electron chi connectivity index (χ3n) is 2.59. The van der Waals surface area contributed by atoms with E-state index in [-0.39, 0.29) is 5.82 Å². The van der Waals surface area contributed by atoms with E-state index in [9.17, 15) is 9.18 Å². The first-order valence-electron chi connectivity index (χ1n) is 5.84. The summed E-state index contributed by atoms with van der Waals surface area (Å²) < 4.78 is 12.6. The SMILES string of the molecule is CCCC(NCCc1ccc(F)cc1)C(=O)O. The van der Waals surface area contributed by atoms with Crippen molar-refractivity contribution in [2.24, 2.45) is 0 Å². The van der Waals surface area contributed by atoms with Crippen LogP contribution in [0.15, 0.2) is 24.3 Å². The lowest BCUT2D eigenvalue weighted by Gasteiger charge is -2.13. The van der Waals surface area contributed by atoms with Crippen LogP contribution in [0.4, 0.5) is 4.39 Å². The van der Waals surface area contributed by atoms with Gasteiger partial charge < -0.3 is 10.4 Å². The monoisotopic (exact) mass is 239 g/mol. The van der Waals surface area contributed by atoms with Gasteiger partial charge >= 0.3 is 5.97 Å². The van der Waals surface area contributed by atoms with Crippen molar-refractivity contribution >= 4 is 5.97 Å². The van der Waals surface area contributed by atoms with Crippen molar-refractivity contribution in [3.63, 3.8) is 0 Å². The predicted octanol–water partition coefficient (Wildman–Crippen LogP) is 2.21. The Kier molecular flexibility index (Phi) is 5.63. The molecule has 0 amide bonds.